The number of para-hydroxylation sites is 1. The fourth-order valence-electron chi connectivity index (χ4n) is 3.16. The van der Waals surface area contributed by atoms with Crippen LogP contribution >= 0.6 is 0 Å². The van der Waals surface area contributed by atoms with Gasteiger partial charge in [0.15, 0.2) is 11.6 Å². The smallest absolute Gasteiger partial charge is 0.274 e. The van der Waals surface area contributed by atoms with Crippen molar-refractivity contribution in [2.45, 2.75) is 19.3 Å². The quantitative estimate of drug-likeness (QED) is 0.693. The summed E-state index contributed by atoms with van der Waals surface area (Å²) in [6.07, 6.45) is 5.21. The van der Waals surface area contributed by atoms with E-state index in [4.69, 9.17) is 4.74 Å². The average Bonchev–Trinajstić information content (AvgIpc) is 3.20. The van der Waals surface area contributed by atoms with Gasteiger partial charge in [-0.2, -0.15) is 4.98 Å². The molecular weight excluding hydrogens is 361 g/mol. The molecule has 0 spiro atoms. The van der Waals surface area contributed by atoms with Crippen LogP contribution in [0.3, 0.4) is 0 Å². The third-order valence-electron chi connectivity index (χ3n) is 4.52. The maximum Gasteiger partial charge on any atom is 0.274 e. The number of nitrogens with zero attached hydrogens (tertiary/aromatic N) is 5. The molecule has 1 atom stereocenters. The van der Waals surface area contributed by atoms with Gasteiger partial charge in [-0.05, 0) is 25.5 Å². The highest BCUT2D eigenvalue weighted by molar-refractivity contribution is 5.92. The zero-order chi connectivity index (χ0) is 19.5. The van der Waals surface area contributed by atoms with E-state index in [2.05, 4.69) is 19.9 Å². The minimum absolute atomic E-state index is 0.0245. The molecule has 0 bridgehead atoms. The zero-order valence-corrected chi connectivity index (χ0v) is 15.2. The van der Waals surface area contributed by atoms with Gasteiger partial charge >= 0.3 is 0 Å². The Bertz CT molecular complexity index is 999. The Hall–Kier alpha value is -3.42. The molecule has 1 aromatic carbocycles. The van der Waals surface area contributed by atoms with Crippen molar-refractivity contribution in [2.75, 3.05) is 13.1 Å². The summed E-state index contributed by atoms with van der Waals surface area (Å²) in [6, 6.07) is 7.83. The van der Waals surface area contributed by atoms with Crippen molar-refractivity contribution >= 4 is 5.91 Å². The Morgan fingerprint density at radius 2 is 2.11 bits per heavy atom. The number of hydrogen-bond acceptors (Lipinski definition) is 6. The minimum atomic E-state index is -0.457. The number of benzene rings is 1. The molecule has 1 fully saturated rings. The Balaban J connectivity index is 1.51. The number of rotatable bonds is 4. The molecule has 0 radical (unpaired) electrons. The van der Waals surface area contributed by atoms with E-state index in [1.165, 1.54) is 24.7 Å². The number of ether oxygens (including phenoxy) is 1. The first kappa shape index (κ1) is 18.0. The van der Waals surface area contributed by atoms with Gasteiger partial charge in [0, 0.05) is 43.2 Å². The Morgan fingerprint density at radius 3 is 2.89 bits per heavy atom. The van der Waals surface area contributed by atoms with Crippen molar-refractivity contribution in [1.82, 2.24) is 24.8 Å². The van der Waals surface area contributed by atoms with Crippen LogP contribution in [0.2, 0.25) is 0 Å². The molecule has 1 aliphatic rings. The van der Waals surface area contributed by atoms with Crippen molar-refractivity contribution in [3.8, 4) is 11.6 Å². The Kier molecular flexibility index (Phi) is 4.92. The van der Waals surface area contributed by atoms with Crippen molar-refractivity contribution in [1.29, 1.82) is 0 Å². The lowest BCUT2D eigenvalue weighted by Gasteiger charge is -2.16. The predicted octanol–water partition coefficient (Wildman–Crippen LogP) is 3.14. The van der Waals surface area contributed by atoms with Crippen molar-refractivity contribution in [3.05, 3.63) is 72.0 Å². The van der Waals surface area contributed by atoms with E-state index < -0.39 is 5.82 Å². The van der Waals surface area contributed by atoms with Crippen LogP contribution in [-0.4, -0.2) is 43.8 Å². The second-order valence-electron chi connectivity index (χ2n) is 6.57. The number of halogens is 1. The van der Waals surface area contributed by atoms with Crippen LogP contribution in [-0.2, 0) is 0 Å². The Labute approximate surface area is 161 Å². The third kappa shape index (κ3) is 3.80. The average molecular weight is 379 g/mol. The number of aryl methyl sites for hydroxylation is 1. The van der Waals surface area contributed by atoms with Crippen LogP contribution in [0.1, 0.15) is 34.3 Å². The van der Waals surface area contributed by atoms with Gasteiger partial charge in [-0.1, -0.05) is 12.1 Å². The van der Waals surface area contributed by atoms with E-state index in [0.717, 1.165) is 12.1 Å². The topological polar surface area (TPSA) is 81.1 Å². The van der Waals surface area contributed by atoms with Crippen molar-refractivity contribution in [2.24, 2.45) is 0 Å². The molecule has 0 N–H and O–H groups in total. The number of aromatic nitrogens is 4. The van der Waals surface area contributed by atoms with E-state index in [0.29, 0.717) is 24.6 Å². The van der Waals surface area contributed by atoms with Gasteiger partial charge in [-0.25, -0.2) is 14.4 Å². The van der Waals surface area contributed by atoms with Gasteiger partial charge in [0.1, 0.15) is 11.5 Å². The summed E-state index contributed by atoms with van der Waals surface area (Å²) in [5.74, 6) is 0.334. The molecule has 4 rings (SSSR count). The molecular formula is C20H18FN5O2. The number of likely N-dealkylation sites (tertiary alicyclic amines) is 1. The highest BCUT2D eigenvalue weighted by Gasteiger charge is 2.30. The molecule has 3 heterocycles. The van der Waals surface area contributed by atoms with E-state index in [1.807, 2.05) is 6.92 Å². The monoisotopic (exact) mass is 379 g/mol. The van der Waals surface area contributed by atoms with E-state index >= 15 is 0 Å². The van der Waals surface area contributed by atoms with Gasteiger partial charge in [-0.15, -0.1) is 0 Å². The first-order chi connectivity index (χ1) is 13.6. The summed E-state index contributed by atoms with van der Waals surface area (Å²) in [4.78, 5) is 31.2. The molecule has 1 saturated heterocycles. The number of carbonyl (C=O) groups excluding carboxylic acids is 1. The molecule has 28 heavy (non-hydrogen) atoms. The van der Waals surface area contributed by atoms with Gasteiger partial charge in [0.25, 0.3) is 5.91 Å². The Morgan fingerprint density at radius 1 is 1.25 bits per heavy atom. The molecule has 7 nitrogen and oxygen atoms in total. The van der Waals surface area contributed by atoms with Gasteiger partial charge in [0.2, 0.25) is 5.88 Å². The van der Waals surface area contributed by atoms with E-state index in [1.54, 1.807) is 29.2 Å². The lowest BCUT2D eigenvalue weighted by atomic mass is 10.1. The van der Waals surface area contributed by atoms with Crippen LogP contribution in [0.25, 0.3) is 0 Å². The lowest BCUT2D eigenvalue weighted by molar-refractivity contribution is 0.0784. The number of amides is 1. The fraction of sp³-hybridized carbons (Fsp3) is 0.250. The molecule has 1 amide bonds. The molecule has 0 aliphatic carbocycles. The molecule has 8 heteroatoms. The second kappa shape index (κ2) is 7.67. The van der Waals surface area contributed by atoms with E-state index in [9.17, 15) is 9.18 Å². The van der Waals surface area contributed by atoms with Crippen LogP contribution in [0.4, 0.5) is 4.39 Å². The first-order valence-electron chi connectivity index (χ1n) is 8.93. The normalized spacial score (nSPS) is 16.2. The number of carbonyl (C=O) groups is 1. The van der Waals surface area contributed by atoms with Crippen LogP contribution in [0, 0.1) is 12.7 Å². The third-order valence-corrected chi connectivity index (χ3v) is 4.52. The molecule has 2 aromatic heterocycles. The van der Waals surface area contributed by atoms with Gasteiger partial charge in [0.05, 0.1) is 6.20 Å². The van der Waals surface area contributed by atoms with E-state index in [-0.39, 0.29) is 23.5 Å². The largest absolute Gasteiger partial charge is 0.436 e. The summed E-state index contributed by atoms with van der Waals surface area (Å²) in [7, 11) is 0. The van der Waals surface area contributed by atoms with Gasteiger partial charge in [-0.3, -0.25) is 9.78 Å². The maximum atomic E-state index is 13.9. The minimum Gasteiger partial charge on any atom is -0.436 e. The maximum absolute atomic E-state index is 13.9. The summed E-state index contributed by atoms with van der Waals surface area (Å²) in [5, 5.41) is 0. The summed E-state index contributed by atoms with van der Waals surface area (Å²) in [6.45, 7) is 2.90. The lowest BCUT2D eigenvalue weighted by Crippen LogP contribution is -2.29. The molecule has 142 valence electrons. The van der Waals surface area contributed by atoms with Crippen LogP contribution in [0.5, 0.6) is 11.6 Å². The molecule has 0 unspecified atom stereocenters. The summed E-state index contributed by atoms with van der Waals surface area (Å²) >= 11 is 0. The van der Waals surface area contributed by atoms with Crippen molar-refractivity contribution in [3.63, 3.8) is 0 Å². The summed E-state index contributed by atoms with van der Waals surface area (Å²) < 4.78 is 19.5. The number of hydrogen-bond donors (Lipinski definition) is 0. The van der Waals surface area contributed by atoms with Gasteiger partial charge < -0.3 is 9.64 Å². The SMILES string of the molecule is Cc1cc(Oc2ccccc2F)nc([C@@H]2CCN(C(=O)c3cnccn3)C2)n1. The zero-order valence-electron chi connectivity index (χ0n) is 15.2. The van der Waals surface area contributed by atoms with Crippen LogP contribution in [0.15, 0.2) is 48.9 Å². The van der Waals surface area contributed by atoms with Crippen molar-refractivity contribution < 1.29 is 13.9 Å². The summed E-state index contributed by atoms with van der Waals surface area (Å²) in [5.41, 5.74) is 1.03. The second-order valence-corrected chi connectivity index (χ2v) is 6.57. The molecule has 0 saturated carbocycles. The molecule has 1 aliphatic heterocycles. The predicted molar refractivity (Wildman–Crippen MR) is 98.5 cm³/mol. The molecule has 3 aromatic rings. The first-order valence-corrected chi connectivity index (χ1v) is 8.93. The standard InChI is InChI=1S/C20H18FN5O2/c1-13-10-18(28-17-5-3-2-4-15(17)21)25-19(24-13)14-6-9-26(12-14)20(27)16-11-22-7-8-23-16/h2-5,7-8,10-11,14H,6,9,12H2,1H3/t14-/m1/s1. The highest BCUT2D eigenvalue weighted by Crippen LogP contribution is 2.29. The fourth-order valence-corrected chi connectivity index (χ4v) is 3.16. The van der Waals surface area contributed by atoms with Crippen LogP contribution < -0.4 is 4.74 Å². The highest BCUT2D eigenvalue weighted by atomic mass is 19.1.